The summed E-state index contributed by atoms with van der Waals surface area (Å²) in [6.45, 7) is 3.73. The van der Waals surface area contributed by atoms with E-state index >= 15 is 0 Å². The third kappa shape index (κ3) is 2.47. The highest BCUT2D eigenvalue weighted by molar-refractivity contribution is 6.36. The van der Waals surface area contributed by atoms with Crippen molar-refractivity contribution in [2.45, 2.75) is 13.8 Å². The van der Waals surface area contributed by atoms with Crippen LogP contribution >= 0.6 is 0 Å². The lowest BCUT2D eigenvalue weighted by Gasteiger charge is -2.12. The topological polar surface area (TPSA) is 83.8 Å². The van der Waals surface area contributed by atoms with Crippen molar-refractivity contribution in [3.63, 3.8) is 0 Å². The van der Waals surface area contributed by atoms with Crippen LogP contribution < -0.4 is 11.1 Å². The summed E-state index contributed by atoms with van der Waals surface area (Å²) in [6, 6.07) is 8.32. The minimum absolute atomic E-state index is 0.277. The smallest absolute Gasteiger partial charge is 0.256 e. The molecule has 0 radical (unpaired) electrons. The van der Waals surface area contributed by atoms with E-state index in [0.717, 1.165) is 11.3 Å². The average Bonchev–Trinajstić information content (AvgIpc) is 3.15. The SMILES string of the molecule is Cc1ccc(-c2c(F)ccc3c2C(=Cc2[nH]cnc2C)C(=O)N3)cc1N. The molecule has 4 rings (SSSR count). The highest BCUT2D eigenvalue weighted by atomic mass is 19.1. The van der Waals surface area contributed by atoms with Gasteiger partial charge in [-0.1, -0.05) is 12.1 Å². The number of nitrogens with two attached hydrogens (primary N) is 1. The van der Waals surface area contributed by atoms with Gasteiger partial charge in [0, 0.05) is 22.5 Å². The number of amides is 1. The highest BCUT2D eigenvalue weighted by Gasteiger charge is 2.29. The first kappa shape index (κ1) is 16.1. The fourth-order valence-electron chi connectivity index (χ4n) is 3.14. The molecule has 2 heterocycles. The summed E-state index contributed by atoms with van der Waals surface area (Å²) < 4.78 is 14.8. The molecule has 1 amide bonds. The van der Waals surface area contributed by atoms with Crippen molar-refractivity contribution >= 4 is 28.9 Å². The van der Waals surface area contributed by atoms with Gasteiger partial charge in [-0.3, -0.25) is 4.79 Å². The van der Waals surface area contributed by atoms with E-state index in [0.29, 0.717) is 39.3 Å². The highest BCUT2D eigenvalue weighted by Crippen LogP contribution is 2.42. The zero-order valence-electron chi connectivity index (χ0n) is 14.4. The Morgan fingerprint density at radius 2 is 1.96 bits per heavy atom. The van der Waals surface area contributed by atoms with Crippen molar-refractivity contribution in [3.05, 3.63) is 65.0 Å². The Bertz CT molecular complexity index is 1080. The summed E-state index contributed by atoms with van der Waals surface area (Å²) >= 11 is 0. The van der Waals surface area contributed by atoms with Crippen LogP contribution in [0.25, 0.3) is 22.8 Å². The molecule has 130 valence electrons. The average molecular weight is 348 g/mol. The van der Waals surface area contributed by atoms with Gasteiger partial charge in [0.1, 0.15) is 5.82 Å². The maximum Gasteiger partial charge on any atom is 0.256 e. The number of carbonyl (C=O) groups excluding carboxylic acids is 1. The number of fused-ring (bicyclic) bond motifs is 1. The number of hydrogen-bond acceptors (Lipinski definition) is 3. The van der Waals surface area contributed by atoms with Gasteiger partial charge < -0.3 is 16.0 Å². The lowest BCUT2D eigenvalue weighted by Crippen LogP contribution is -2.03. The molecule has 0 aliphatic carbocycles. The van der Waals surface area contributed by atoms with Crippen molar-refractivity contribution in [2.24, 2.45) is 0 Å². The molecule has 0 fully saturated rings. The lowest BCUT2D eigenvalue weighted by molar-refractivity contribution is -0.110. The molecule has 4 N–H and O–H groups in total. The first-order chi connectivity index (χ1) is 12.5. The van der Waals surface area contributed by atoms with Gasteiger partial charge in [-0.25, -0.2) is 9.37 Å². The molecule has 1 aliphatic heterocycles. The van der Waals surface area contributed by atoms with E-state index in [1.165, 1.54) is 6.07 Å². The maximum atomic E-state index is 14.8. The predicted molar refractivity (Wildman–Crippen MR) is 101 cm³/mol. The molecule has 1 aromatic heterocycles. The van der Waals surface area contributed by atoms with E-state index in [4.69, 9.17) is 5.73 Å². The Morgan fingerprint density at radius 3 is 2.65 bits per heavy atom. The molecular weight excluding hydrogens is 331 g/mol. The first-order valence-corrected chi connectivity index (χ1v) is 8.18. The number of nitrogens with one attached hydrogen (secondary N) is 2. The Hall–Kier alpha value is -3.41. The van der Waals surface area contributed by atoms with Gasteiger partial charge in [-0.05, 0) is 49.2 Å². The van der Waals surface area contributed by atoms with Crippen LogP contribution in [0.3, 0.4) is 0 Å². The van der Waals surface area contributed by atoms with E-state index in [2.05, 4.69) is 15.3 Å². The van der Waals surface area contributed by atoms with E-state index < -0.39 is 5.82 Å². The van der Waals surface area contributed by atoms with Crippen LogP contribution in [-0.2, 0) is 4.79 Å². The number of aryl methyl sites for hydroxylation is 2. The Labute approximate surface area is 149 Å². The molecule has 0 unspecified atom stereocenters. The molecule has 2 aromatic carbocycles. The third-order valence-corrected chi connectivity index (χ3v) is 4.64. The summed E-state index contributed by atoms with van der Waals surface area (Å²) in [4.78, 5) is 19.7. The third-order valence-electron chi connectivity index (χ3n) is 4.64. The molecule has 1 aliphatic rings. The predicted octanol–water partition coefficient (Wildman–Crippen LogP) is 3.91. The van der Waals surface area contributed by atoms with Crippen molar-refractivity contribution in [2.75, 3.05) is 11.1 Å². The molecular formula is C20H17FN4O. The molecule has 0 bridgehead atoms. The number of imidazole rings is 1. The van der Waals surface area contributed by atoms with Crippen LogP contribution in [-0.4, -0.2) is 15.9 Å². The molecule has 0 saturated carbocycles. The van der Waals surface area contributed by atoms with Crippen molar-refractivity contribution < 1.29 is 9.18 Å². The molecule has 3 aromatic rings. The van der Waals surface area contributed by atoms with Crippen LogP contribution in [0.1, 0.15) is 22.5 Å². The van der Waals surface area contributed by atoms with E-state index in [-0.39, 0.29) is 5.91 Å². The second kappa shape index (κ2) is 5.84. The van der Waals surface area contributed by atoms with Crippen LogP contribution in [0.15, 0.2) is 36.7 Å². The van der Waals surface area contributed by atoms with Crippen molar-refractivity contribution in [1.82, 2.24) is 9.97 Å². The monoisotopic (exact) mass is 348 g/mol. The number of aromatic amines is 1. The number of anilines is 2. The van der Waals surface area contributed by atoms with Gasteiger partial charge in [-0.15, -0.1) is 0 Å². The Morgan fingerprint density at radius 1 is 1.15 bits per heavy atom. The largest absolute Gasteiger partial charge is 0.398 e. The summed E-state index contributed by atoms with van der Waals surface area (Å²) in [5.74, 6) is -0.684. The Kier molecular flexibility index (Phi) is 3.61. The normalized spacial score (nSPS) is 14.6. The van der Waals surface area contributed by atoms with Gasteiger partial charge in [-0.2, -0.15) is 0 Å². The summed E-state index contributed by atoms with van der Waals surface area (Å²) in [5.41, 5.74) is 11.5. The number of rotatable bonds is 2. The molecule has 0 saturated heterocycles. The van der Waals surface area contributed by atoms with E-state index in [1.807, 2.05) is 26.0 Å². The maximum absolute atomic E-state index is 14.8. The number of nitrogen functional groups attached to an aromatic ring is 1. The van der Waals surface area contributed by atoms with Gasteiger partial charge in [0.05, 0.1) is 23.3 Å². The number of aromatic nitrogens is 2. The number of halogens is 1. The first-order valence-electron chi connectivity index (χ1n) is 8.18. The zero-order valence-corrected chi connectivity index (χ0v) is 14.4. The van der Waals surface area contributed by atoms with Gasteiger partial charge in [0.2, 0.25) is 0 Å². The molecule has 26 heavy (non-hydrogen) atoms. The second-order valence-electron chi connectivity index (χ2n) is 6.33. The van der Waals surface area contributed by atoms with Crippen molar-refractivity contribution in [3.8, 4) is 11.1 Å². The van der Waals surface area contributed by atoms with Crippen molar-refractivity contribution in [1.29, 1.82) is 0 Å². The summed E-state index contributed by atoms with van der Waals surface area (Å²) in [5, 5.41) is 2.80. The number of hydrogen-bond donors (Lipinski definition) is 3. The minimum atomic E-state index is -0.407. The minimum Gasteiger partial charge on any atom is -0.398 e. The number of H-pyrrole nitrogens is 1. The fourth-order valence-corrected chi connectivity index (χ4v) is 3.14. The fraction of sp³-hybridized carbons (Fsp3) is 0.100. The summed E-state index contributed by atoms with van der Waals surface area (Å²) in [6.07, 6.45) is 3.26. The summed E-state index contributed by atoms with van der Waals surface area (Å²) in [7, 11) is 0. The number of benzene rings is 2. The second-order valence-corrected chi connectivity index (χ2v) is 6.33. The van der Waals surface area contributed by atoms with Gasteiger partial charge >= 0.3 is 0 Å². The van der Waals surface area contributed by atoms with Gasteiger partial charge in [0.15, 0.2) is 0 Å². The van der Waals surface area contributed by atoms with Crippen LogP contribution in [0.4, 0.5) is 15.8 Å². The molecule has 6 heteroatoms. The van der Waals surface area contributed by atoms with Crippen LogP contribution in [0, 0.1) is 19.7 Å². The van der Waals surface area contributed by atoms with Gasteiger partial charge in [0.25, 0.3) is 5.91 Å². The van der Waals surface area contributed by atoms with Crippen LogP contribution in [0.5, 0.6) is 0 Å². The lowest BCUT2D eigenvalue weighted by atomic mass is 9.93. The number of carbonyl (C=O) groups is 1. The molecule has 5 nitrogen and oxygen atoms in total. The molecule has 0 atom stereocenters. The van der Waals surface area contributed by atoms with Crippen LogP contribution in [0.2, 0.25) is 0 Å². The quantitative estimate of drug-likeness (QED) is 0.485. The zero-order chi connectivity index (χ0) is 18.4. The van der Waals surface area contributed by atoms with E-state index in [1.54, 1.807) is 24.5 Å². The number of nitrogens with zero attached hydrogens (tertiary/aromatic N) is 1. The standard InChI is InChI=1S/C20H17FN4O/c1-10-3-4-12(7-15(10)22)18-14(21)5-6-16-19(18)13(20(26)25-16)8-17-11(2)23-9-24-17/h3-9H,22H2,1-2H3,(H,23,24)(H,25,26). The molecule has 0 spiro atoms. The van der Waals surface area contributed by atoms with E-state index in [9.17, 15) is 9.18 Å². The Balaban J connectivity index is 1.98.